The number of ether oxygens (including phenoxy) is 1. The number of carbonyl (C=O) groups excluding carboxylic acids is 1. The first kappa shape index (κ1) is 19.3. The van der Waals surface area contributed by atoms with E-state index in [4.69, 9.17) is 9.26 Å². The smallest absolute Gasteiger partial charge is 0.248 e. The Kier molecular flexibility index (Phi) is 5.47. The first-order chi connectivity index (χ1) is 12.8. The summed E-state index contributed by atoms with van der Waals surface area (Å²) in [6, 6.07) is 3.33. The molecule has 1 saturated heterocycles. The van der Waals surface area contributed by atoms with E-state index < -0.39 is 15.9 Å². The van der Waals surface area contributed by atoms with Gasteiger partial charge in [-0.05, 0) is 32.8 Å². The molecule has 2 aromatic heterocycles. The average Bonchev–Trinajstić information content (AvgIpc) is 3.01. The minimum Gasteiger partial charge on any atom is -0.481 e. The molecule has 1 amide bonds. The lowest BCUT2D eigenvalue weighted by atomic mass is 9.99. The Hall–Kier alpha value is -2.46. The second-order valence-corrected chi connectivity index (χ2v) is 8.31. The van der Waals surface area contributed by atoms with E-state index >= 15 is 0 Å². The van der Waals surface area contributed by atoms with Crippen molar-refractivity contribution in [1.82, 2.24) is 14.4 Å². The van der Waals surface area contributed by atoms with E-state index in [1.165, 1.54) is 17.6 Å². The number of pyridine rings is 1. The van der Waals surface area contributed by atoms with Crippen LogP contribution >= 0.6 is 0 Å². The van der Waals surface area contributed by atoms with Gasteiger partial charge in [0.2, 0.25) is 21.8 Å². The molecule has 10 heteroatoms. The number of methoxy groups -OCH3 is 1. The molecular weight excluding hydrogens is 372 g/mol. The van der Waals surface area contributed by atoms with Crippen LogP contribution in [0.15, 0.2) is 27.7 Å². The van der Waals surface area contributed by atoms with Gasteiger partial charge >= 0.3 is 0 Å². The van der Waals surface area contributed by atoms with Crippen LogP contribution in [0.2, 0.25) is 0 Å². The molecule has 3 rings (SSSR count). The van der Waals surface area contributed by atoms with Gasteiger partial charge in [-0.25, -0.2) is 13.4 Å². The number of carbonyl (C=O) groups is 1. The highest BCUT2D eigenvalue weighted by Gasteiger charge is 2.36. The number of hydrogen-bond acceptors (Lipinski definition) is 7. The van der Waals surface area contributed by atoms with Crippen LogP contribution in [0.25, 0.3) is 0 Å². The maximum Gasteiger partial charge on any atom is 0.248 e. The number of sulfonamides is 1. The van der Waals surface area contributed by atoms with Gasteiger partial charge in [-0.15, -0.1) is 0 Å². The van der Waals surface area contributed by atoms with E-state index in [2.05, 4.69) is 15.5 Å². The molecule has 1 aliphatic heterocycles. The van der Waals surface area contributed by atoms with Gasteiger partial charge in [0.1, 0.15) is 10.6 Å². The molecule has 0 unspecified atom stereocenters. The predicted octanol–water partition coefficient (Wildman–Crippen LogP) is 1.73. The van der Waals surface area contributed by atoms with Crippen LogP contribution in [0.4, 0.5) is 5.69 Å². The molecule has 1 atom stereocenters. The van der Waals surface area contributed by atoms with Gasteiger partial charge in [0.25, 0.3) is 0 Å². The Balaban J connectivity index is 1.72. The number of aromatic nitrogens is 2. The number of hydrogen-bond donors (Lipinski definition) is 1. The predicted molar refractivity (Wildman–Crippen MR) is 96.9 cm³/mol. The topological polar surface area (TPSA) is 115 Å². The van der Waals surface area contributed by atoms with E-state index in [9.17, 15) is 13.2 Å². The summed E-state index contributed by atoms with van der Waals surface area (Å²) in [6.45, 7) is 3.63. The third-order valence-corrected chi connectivity index (χ3v) is 6.64. The zero-order chi connectivity index (χ0) is 19.6. The number of piperidine rings is 1. The number of nitrogens with one attached hydrogen (secondary N) is 1. The molecule has 0 saturated carbocycles. The van der Waals surface area contributed by atoms with Crippen LogP contribution in [-0.4, -0.2) is 49.0 Å². The van der Waals surface area contributed by atoms with E-state index in [0.29, 0.717) is 36.6 Å². The second-order valence-electron chi connectivity index (χ2n) is 6.43. The molecule has 0 bridgehead atoms. The Morgan fingerprint density at radius 2 is 2.15 bits per heavy atom. The number of anilines is 1. The minimum absolute atomic E-state index is 0.0860. The normalized spacial score (nSPS) is 18.3. The molecule has 146 valence electrons. The van der Waals surface area contributed by atoms with Crippen molar-refractivity contribution in [2.75, 3.05) is 25.5 Å². The molecule has 1 aliphatic rings. The van der Waals surface area contributed by atoms with Crippen LogP contribution in [-0.2, 0) is 14.8 Å². The molecule has 3 heterocycles. The summed E-state index contributed by atoms with van der Waals surface area (Å²) in [5.74, 6) is 0.0162. The van der Waals surface area contributed by atoms with Crippen molar-refractivity contribution >= 4 is 21.6 Å². The summed E-state index contributed by atoms with van der Waals surface area (Å²) in [7, 11) is -2.25. The van der Waals surface area contributed by atoms with Gasteiger partial charge in [0.15, 0.2) is 5.76 Å². The fourth-order valence-electron chi connectivity index (χ4n) is 3.17. The molecule has 9 nitrogen and oxygen atoms in total. The monoisotopic (exact) mass is 394 g/mol. The summed E-state index contributed by atoms with van der Waals surface area (Å²) in [6.07, 6.45) is 2.71. The third-order valence-electron chi connectivity index (χ3n) is 4.53. The molecule has 0 aliphatic carbocycles. The zero-order valence-electron chi connectivity index (χ0n) is 15.4. The molecule has 1 N–H and O–H groups in total. The molecular formula is C17H22N4O5S. The Labute approximate surface area is 157 Å². The maximum atomic E-state index is 13.0. The van der Waals surface area contributed by atoms with Gasteiger partial charge < -0.3 is 14.6 Å². The number of amides is 1. The van der Waals surface area contributed by atoms with Gasteiger partial charge in [-0.2, -0.15) is 4.31 Å². The number of aryl methyl sites for hydroxylation is 2. The number of rotatable bonds is 5. The minimum atomic E-state index is -3.76. The second kappa shape index (κ2) is 7.65. The van der Waals surface area contributed by atoms with Crippen LogP contribution < -0.4 is 10.1 Å². The molecule has 27 heavy (non-hydrogen) atoms. The highest BCUT2D eigenvalue weighted by atomic mass is 32.2. The highest BCUT2D eigenvalue weighted by Crippen LogP contribution is 2.28. The fraction of sp³-hybridized carbons (Fsp3) is 0.471. The zero-order valence-corrected chi connectivity index (χ0v) is 16.2. The average molecular weight is 394 g/mol. The SMILES string of the molecule is COc1ccc(NC(=O)[C@H]2CCCN(S(=O)(=O)c3c(C)noc3C)C2)cn1. The molecule has 2 aromatic rings. The van der Waals surface area contributed by atoms with E-state index in [-0.39, 0.29) is 23.1 Å². The Bertz CT molecular complexity index is 904. The lowest BCUT2D eigenvalue weighted by Crippen LogP contribution is -2.43. The highest BCUT2D eigenvalue weighted by molar-refractivity contribution is 7.89. The van der Waals surface area contributed by atoms with Crippen LogP contribution in [0, 0.1) is 19.8 Å². The summed E-state index contributed by atoms with van der Waals surface area (Å²) in [4.78, 5) is 16.7. The van der Waals surface area contributed by atoms with Gasteiger partial charge in [0.05, 0.1) is 24.9 Å². The van der Waals surface area contributed by atoms with Crippen molar-refractivity contribution in [3.63, 3.8) is 0 Å². The van der Waals surface area contributed by atoms with Gasteiger partial charge in [-0.1, -0.05) is 5.16 Å². The van der Waals surface area contributed by atoms with E-state index in [1.54, 1.807) is 26.0 Å². The Morgan fingerprint density at radius 3 is 2.74 bits per heavy atom. The van der Waals surface area contributed by atoms with Crippen LogP contribution in [0.5, 0.6) is 5.88 Å². The lowest BCUT2D eigenvalue weighted by molar-refractivity contribution is -0.120. The summed E-state index contributed by atoms with van der Waals surface area (Å²) >= 11 is 0. The maximum absolute atomic E-state index is 13.0. The standard InChI is InChI=1S/C17H22N4O5S/c1-11-16(12(2)26-20-11)27(23,24)21-8-4-5-13(10-21)17(22)19-14-6-7-15(25-3)18-9-14/h6-7,9,13H,4-5,8,10H2,1-3H3,(H,19,22)/t13-/m0/s1. The van der Waals surface area contributed by atoms with Crippen molar-refractivity contribution in [3.8, 4) is 5.88 Å². The van der Waals surface area contributed by atoms with Gasteiger partial charge in [-0.3, -0.25) is 4.79 Å². The molecule has 1 fully saturated rings. The van der Waals surface area contributed by atoms with Crippen LogP contribution in [0.3, 0.4) is 0 Å². The van der Waals surface area contributed by atoms with Crippen molar-refractivity contribution in [1.29, 1.82) is 0 Å². The lowest BCUT2D eigenvalue weighted by Gasteiger charge is -2.31. The Morgan fingerprint density at radius 1 is 1.37 bits per heavy atom. The largest absolute Gasteiger partial charge is 0.481 e. The van der Waals surface area contributed by atoms with Crippen molar-refractivity contribution in [2.24, 2.45) is 5.92 Å². The quantitative estimate of drug-likeness (QED) is 0.821. The fourth-order valence-corrected chi connectivity index (χ4v) is 4.98. The molecule has 0 aromatic carbocycles. The van der Waals surface area contributed by atoms with E-state index in [1.807, 2.05) is 0 Å². The first-order valence-electron chi connectivity index (χ1n) is 8.57. The summed E-state index contributed by atoms with van der Waals surface area (Å²) < 4.78 is 37.2. The van der Waals surface area contributed by atoms with Crippen molar-refractivity contribution in [3.05, 3.63) is 29.8 Å². The van der Waals surface area contributed by atoms with Crippen molar-refractivity contribution in [2.45, 2.75) is 31.6 Å². The van der Waals surface area contributed by atoms with Crippen LogP contribution in [0.1, 0.15) is 24.3 Å². The first-order valence-corrected chi connectivity index (χ1v) is 10.0. The van der Waals surface area contributed by atoms with Gasteiger partial charge in [0, 0.05) is 19.2 Å². The third kappa shape index (κ3) is 3.96. The summed E-state index contributed by atoms with van der Waals surface area (Å²) in [5.41, 5.74) is 0.856. The number of nitrogens with zero attached hydrogens (tertiary/aromatic N) is 3. The van der Waals surface area contributed by atoms with E-state index in [0.717, 1.165) is 0 Å². The molecule has 0 spiro atoms. The summed E-state index contributed by atoms with van der Waals surface area (Å²) in [5, 5.41) is 6.51. The van der Waals surface area contributed by atoms with Crippen molar-refractivity contribution < 1.29 is 22.5 Å². The molecule has 0 radical (unpaired) electrons.